The summed E-state index contributed by atoms with van der Waals surface area (Å²) in [7, 11) is 2.83. The molecule has 0 aliphatic heterocycles. The predicted molar refractivity (Wildman–Crippen MR) is 108 cm³/mol. The van der Waals surface area contributed by atoms with Gasteiger partial charge in [-0.3, -0.25) is 15.2 Å². The smallest absolute Gasteiger partial charge is 0.413 e. The Morgan fingerprint density at radius 2 is 2.07 bits per heavy atom. The molecule has 3 aromatic rings. The Morgan fingerprint density at radius 3 is 2.67 bits per heavy atom. The van der Waals surface area contributed by atoms with Gasteiger partial charge in [-0.05, 0) is 25.1 Å². The van der Waals surface area contributed by atoms with E-state index in [-0.39, 0.29) is 16.7 Å². The van der Waals surface area contributed by atoms with E-state index in [0.717, 1.165) is 4.90 Å². The first kappa shape index (κ1) is 21.0. The van der Waals surface area contributed by atoms with Crippen molar-refractivity contribution in [2.45, 2.75) is 13.0 Å². The Balaban J connectivity index is 2.02. The number of methoxy groups -OCH3 is 1. The molecule has 0 aliphatic carbocycles. The highest BCUT2D eigenvalue weighted by Crippen LogP contribution is 2.35. The van der Waals surface area contributed by atoms with Gasteiger partial charge >= 0.3 is 12.2 Å². The van der Waals surface area contributed by atoms with Crippen LogP contribution in [0.15, 0.2) is 36.7 Å². The molecule has 3 aromatic heterocycles. The van der Waals surface area contributed by atoms with E-state index in [1.807, 2.05) is 0 Å². The molecule has 2 N–H and O–H groups in total. The number of hydrogen-bond donors (Lipinski definition) is 2. The molecule has 30 heavy (non-hydrogen) atoms. The molecule has 12 heteroatoms. The molecule has 0 aliphatic rings. The molecular weight excluding hydrogens is 414 g/mol. The van der Waals surface area contributed by atoms with Crippen LogP contribution in [0.5, 0.6) is 0 Å². The molecule has 0 spiro atoms. The zero-order valence-electron chi connectivity index (χ0n) is 16.3. The molecule has 3 heterocycles. The van der Waals surface area contributed by atoms with E-state index < -0.39 is 18.2 Å². The number of carbonyl (C=O) groups is 2. The first-order valence-electron chi connectivity index (χ1n) is 8.67. The number of pyridine rings is 2. The lowest BCUT2D eigenvalue weighted by atomic mass is 10.1. The first-order chi connectivity index (χ1) is 14.3. The van der Waals surface area contributed by atoms with Gasteiger partial charge in [0.05, 0.1) is 30.7 Å². The number of amides is 2. The predicted octanol–water partition coefficient (Wildman–Crippen LogP) is 3.35. The van der Waals surface area contributed by atoms with Gasteiger partial charge in [-0.25, -0.2) is 19.3 Å². The molecule has 1 atom stereocenters. The van der Waals surface area contributed by atoms with E-state index in [1.54, 1.807) is 38.2 Å². The van der Waals surface area contributed by atoms with Crippen LogP contribution in [0.4, 0.5) is 21.1 Å². The minimum absolute atomic E-state index is 0.198. The highest BCUT2D eigenvalue weighted by molar-refractivity contribution is 6.30. The van der Waals surface area contributed by atoms with Crippen LogP contribution in [-0.2, 0) is 11.8 Å². The summed E-state index contributed by atoms with van der Waals surface area (Å²) in [5, 5.41) is 20.7. The summed E-state index contributed by atoms with van der Waals surface area (Å²) >= 11 is 6.17. The number of carboxylic acid groups (broad SMARTS) is 1. The molecule has 2 amide bonds. The molecule has 0 unspecified atom stereocenters. The van der Waals surface area contributed by atoms with Crippen molar-refractivity contribution in [3.63, 3.8) is 0 Å². The maximum absolute atomic E-state index is 12.2. The van der Waals surface area contributed by atoms with Gasteiger partial charge in [0.25, 0.3) is 0 Å². The minimum Gasteiger partial charge on any atom is -0.465 e. The van der Waals surface area contributed by atoms with Gasteiger partial charge in [0.1, 0.15) is 5.15 Å². The fourth-order valence-corrected chi connectivity index (χ4v) is 3.13. The van der Waals surface area contributed by atoms with E-state index in [1.165, 1.54) is 24.2 Å². The van der Waals surface area contributed by atoms with Crippen LogP contribution in [0.2, 0.25) is 5.15 Å². The summed E-state index contributed by atoms with van der Waals surface area (Å²) in [5.41, 5.74) is 1.54. The number of ether oxygens (including phenoxy) is 1. The Hall–Kier alpha value is -3.73. The molecule has 0 radical (unpaired) electrons. The van der Waals surface area contributed by atoms with Crippen molar-refractivity contribution < 1.29 is 19.4 Å². The number of aromatic nitrogens is 5. The summed E-state index contributed by atoms with van der Waals surface area (Å²) in [5.74, 6) is 0.205. The number of nitrogens with zero attached hydrogens (tertiary/aromatic N) is 6. The van der Waals surface area contributed by atoms with Gasteiger partial charge in [0.15, 0.2) is 11.5 Å². The number of halogens is 1. The largest absolute Gasteiger partial charge is 0.465 e. The Kier molecular flexibility index (Phi) is 6.11. The van der Waals surface area contributed by atoms with Crippen LogP contribution in [-0.4, -0.2) is 49.4 Å². The van der Waals surface area contributed by atoms with Crippen molar-refractivity contribution in [2.75, 3.05) is 17.3 Å². The van der Waals surface area contributed by atoms with Crippen molar-refractivity contribution in [3.05, 3.63) is 47.4 Å². The second kappa shape index (κ2) is 8.74. The van der Waals surface area contributed by atoms with Gasteiger partial charge in [0, 0.05) is 18.8 Å². The molecule has 0 fully saturated rings. The zero-order chi connectivity index (χ0) is 21.8. The molecular formula is C18H18ClN7O4. The van der Waals surface area contributed by atoms with Crippen molar-refractivity contribution in [1.82, 2.24) is 25.0 Å². The Bertz CT molecular complexity index is 1070. The lowest BCUT2D eigenvalue weighted by Crippen LogP contribution is -2.34. The average molecular weight is 432 g/mol. The van der Waals surface area contributed by atoms with Crippen LogP contribution in [0.1, 0.15) is 18.5 Å². The maximum Gasteiger partial charge on any atom is 0.413 e. The van der Waals surface area contributed by atoms with Gasteiger partial charge in [-0.15, -0.1) is 5.10 Å². The van der Waals surface area contributed by atoms with Gasteiger partial charge in [0.2, 0.25) is 0 Å². The number of aryl methyl sites for hydroxylation is 1. The third kappa shape index (κ3) is 4.15. The van der Waals surface area contributed by atoms with Crippen LogP contribution in [0.3, 0.4) is 0 Å². The molecule has 156 valence electrons. The molecule has 0 saturated carbocycles. The summed E-state index contributed by atoms with van der Waals surface area (Å²) in [4.78, 5) is 32.9. The zero-order valence-corrected chi connectivity index (χ0v) is 17.0. The summed E-state index contributed by atoms with van der Waals surface area (Å²) in [6.07, 6.45) is 1.06. The number of anilines is 2. The lowest BCUT2D eigenvalue weighted by molar-refractivity contribution is 0.187. The molecule has 0 aromatic carbocycles. The Morgan fingerprint density at radius 1 is 1.30 bits per heavy atom. The van der Waals surface area contributed by atoms with E-state index in [2.05, 4.69) is 30.3 Å². The first-order valence-corrected chi connectivity index (χ1v) is 9.05. The molecule has 0 saturated heterocycles. The third-order valence-corrected chi connectivity index (χ3v) is 4.61. The van der Waals surface area contributed by atoms with E-state index in [9.17, 15) is 14.7 Å². The monoisotopic (exact) mass is 431 g/mol. The maximum atomic E-state index is 12.2. The second-order valence-corrected chi connectivity index (χ2v) is 6.50. The minimum atomic E-state index is -1.22. The number of carbonyl (C=O) groups excluding carboxylic acids is 1. The number of nitrogens with one attached hydrogen (secondary N) is 1. The van der Waals surface area contributed by atoms with Crippen molar-refractivity contribution in [1.29, 1.82) is 0 Å². The van der Waals surface area contributed by atoms with Crippen LogP contribution in [0.25, 0.3) is 11.4 Å². The topological polar surface area (TPSA) is 135 Å². The SMILES string of the molecule is COC(=O)Nc1ccc(-c2nnn(C)c2N(C(=O)O)[C@H](C)c2cccnc2Cl)nc1. The van der Waals surface area contributed by atoms with Gasteiger partial charge in [-0.2, -0.15) is 0 Å². The number of hydrogen-bond acceptors (Lipinski definition) is 7. The highest BCUT2D eigenvalue weighted by atomic mass is 35.5. The van der Waals surface area contributed by atoms with Crippen LogP contribution < -0.4 is 10.2 Å². The Labute approximate surface area is 176 Å². The quantitative estimate of drug-likeness (QED) is 0.587. The van der Waals surface area contributed by atoms with Crippen molar-refractivity contribution in [2.24, 2.45) is 7.05 Å². The second-order valence-electron chi connectivity index (χ2n) is 6.15. The summed E-state index contributed by atoms with van der Waals surface area (Å²) in [6, 6.07) is 5.87. The van der Waals surface area contributed by atoms with Gasteiger partial charge in [-0.1, -0.05) is 22.9 Å². The third-order valence-electron chi connectivity index (χ3n) is 4.29. The average Bonchev–Trinajstić information content (AvgIpc) is 3.09. The molecule has 0 bridgehead atoms. The van der Waals surface area contributed by atoms with Crippen molar-refractivity contribution >= 4 is 35.3 Å². The molecule has 3 rings (SSSR count). The number of rotatable bonds is 5. The standard InChI is InChI=1S/C18H18ClN7O4/c1-10(12-5-4-8-20-15(12)19)26(18(28)29)16-14(23-24-25(16)2)13-7-6-11(9-21-13)22-17(27)30-3/h4-10H,1-3H3,(H,22,27)(H,28,29)/t10-/m1/s1. The summed E-state index contributed by atoms with van der Waals surface area (Å²) in [6.45, 7) is 1.69. The van der Waals surface area contributed by atoms with Crippen LogP contribution >= 0.6 is 11.6 Å². The lowest BCUT2D eigenvalue weighted by Gasteiger charge is -2.27. The van der Waals surface area contributed by atoms with E-state index in [0.29, 0.717) is 16.9 Å². The van der Waals surface area contributed by atoms with Gasteiger partial charge < -0.3 is 9.84 Å². The fourth-order valence-electron chi connectivity index (χ4n) is 2.85. The van der Waals surface area contributed by atoms with E-state index >= 15 is 0 Å². The highest BCUT2D eigenvalue weighted by Gasteiger charge is 2.31. The molecule has 11 nitrogen and oxygen atoms in total. The van der Waals surface area contributed by atoms with Crippen LogP contribution in [0, 0.1) is 0 Å². The normalized spacial score (nSPS) is 11.6. The van der Waals surface area contributed by atoms with E-state index in [4.69, 9.17) is 11.6 Å². The fraction of sp³-hybridized carbons (Fsp3) is 0.222. The summed E-state index contributed by atoms with van der Waals surface area (Å²) < 4.78 is 5.88. The van der Waals surface area contributed by atoms with Crippen molar-refractivity contribution in [3.8, 4) is 11.4 Å².